The van der Waals surface area contributed by atoms with Crippen molar-refractivity contribution < 1.29 is 19.1 Å². The third-order valence-corrected chi connectivity index (χ3v) is 5.09. The van der Waals surface area contributed by atoms with Gasteiger partial charge >= 0.3 is 5.97 Å². The molecule has 34 heavy (non-hydrogen) atoms. The van der Waals surface area contributed by atoms with Gasteiger partial charge in [0.25, 0.3) is 5.91 Å². The Hall–Kier alpha value is -3.90. The molecular weight excluding hydrogens is 458 g/mol. The molecule has 9 nitrogen and oxygen atoms in total. The number of ether oxygens (including phenoxy) is 2. The maximum atomic E-state index is 12.9. The highest BCUT2D eigenvalue weighted by Gasteiger charge is 2.21. The lowest BCUT2D eigenvalue weighted by Gasteiger charge is -2.22. The molecule has 0 spiro atoms. The van der Waals surface area contributed by atoms with E-state index < -0.39 is 18.5 Å². The minimum absolute atomic E-state index is 0.0931. The number of nitrogens with zero attached hydrogens (tertiary/aromatic N) is 5. The van der Waals surface area contributed by atoms with Gasteiger partial charge in [-0.3, -0.25) is 4.79 Å². The number of benzene rings is 1. The van der Waals surface area contributed by atoms with E-state index in [1.165, 1.54) is 11.0 Å². The van der Waals surface area contributed by atoms with Crippen molar-refractivity contribution in [1.29, 1.82) is 5.26 Å². The summed E-state index contributed by atoms with van der Waals surface area (Å²) in [6.45, 7) is 5.71. The molecule has 0 fully saturated rings. The summed E-state index contributed by atoms with van der Waals surface area (Å²) in [6.07, 6.45) is 0.116. The number of anilines is 1. The van der Waals surface area contributed by atoms with E-state index in [-0.39, 0.29) is 23.7 Å². The summed E-state index contributed by atoms with van der Waals surface area (Å²) in [7, 11) is 0. The molecule has 2 aromatic heterocycles. The average molecular weight is 482 g/mol. The summed E-state index contributed by atoms with van der Waals surface area (Å²) in [6, 6.07) is 13.9. The summed E-state index contributed by atoms with van der Waals surface area (Å²) < 4.78 is 12.2. The third-order valence-electron chi connectivity index (χ3n) is 4.79. The maximum Gasteiger partial charge on any atom is 0.359 e. The molecule has 2 heterocycles. The van der Waals surface area contributed by atoms with Crippen LogP contribution in [0.5, 0.6) is 5.75 Å². The lowest BCUT2D eigenvalue weighted by molar-refractivity contribution is -0.121. The molecule has 1 aromatic carbocycles. The van der Waals surface area contributed by atoms with E-state index in [0.29, 0.717) is 23.9 Å². The fraction of sp³-hybridized carbons (Fsp3) is 0.292. The van der Waals surface area contributed by atoms with Crippen molar-refractivity contribution in [2.24, 2.45) is 0 Å². The average Bonchev–Trinajstić information content (AvgIpc) is 3.17. The molecule has 1 amide bonds. The summed E-state index contributed by atoms with van der Waals surface area (Å²) >= 11 is 6.17. The number of rotatable bonds is 9. The predicted octanol–water partition coefficient (Wildman–Crippen LogP) is 4.04. The van der Waals surface area contributed by atoms with Crippen molar-refractivity contribution in [3.63, 3.8) is 0 Å². The Labute approximate surface area is 202 Å². The molecule has 3 aromatic rings. The highest BCUT2D eigenvalue weighted by molar-refractivity contribution is 6.33. The van der Waals surface area contributed by atoms with Crippen LogP contribution >= 0.6 is 11.6 Å². The number of nitriles is 1. The van der Waals surface area contributed by atoms with Gasteiger partial charge in [0.2, 0.25) is 0 Å². The van der Waals surface area contributed by atoms with Crippen molar-refractivity contribution >= 4 is 29.2 Å². The highest BCUT2D eigenvalue weighted by atomic mass is 35.5. The molecule has 10 heteroatoms. The number of hydrogen-bond donors (Lipinski definition) is 0. The van der Waals surface area contributed by atoms with Crippen molar-refractivity contribution in [1.82, 2.24) is 14.8 Å². The van der Waals surface area contributed by atoms with Crippen LogP contribution in [0.2, 0.25) is 5.02 Å². The molecule has 0 saturated heterocycles. The predicted molar refractivity (Wildman–Crippen MR) is 126 cm³/mol. The normalized spacial score (nSPS) is 10.4. The van der Waals surface area contributed by atoms with Crippen LogP contribution in [0.15, 0.2) is 42.5 Å². The first-order chi connectivity index (χ1) is 16.3. The molecule has 0 aliphatic heterocycles. The molecule has 176 valence electrons. The molecule has 0 radical (unpaired) electrons. The number of pyridine rings is 1. The minimum atomic E-state index is -0.839. The van der Waals surface area contributed by atoms with E-state index in [4.69, 9.17) is 26.3 Å². The largest absolute Gasteiger partial charge is 0.494 e. The lowest BCUT2D eigenvalue weighted by atomic mass is 10.2. The molecule has 0 aliphatic carbocycles. The Morgan fingerprint density at radius 3 is 2.53 bits per heavy atom. The van der Waals surface area contributed by atoms with Gasteiger partial charge in [-0.1, -0.05) is 11.6 Å². The van der Waals surface area contributed by atoms with Crippen LogP contribution in [0.4, 0.5) is 5.69 Å². The van der Waals surface area contributed by atoms with Gasteiger partial charge in [-0.2, -0.15) is 10.4 Å². The number of aromatic nitrogens is 3. The number of carbonyl (C=O) groups is 2. The molecule has 0 saturated carbocycles. The van der Waals surface area contributed by atoms with E-state index >= 15 is 0 Å². The molecule has 0 atom stereocenters. The quantitative estimate of drug-likeness (QED) is 0.424. The standard InChI is InChI=1S/C24H24ClN5O4/c1-4-33-19-8-6-18(7-9-19)29(13-5-12-26)22(31)15-34-24(32)23-20(25)10-11-21(27-23)30-17(3)14-16(2)28-30/h6-11,14H,4-5,13,15H2,1-3H3. The first-order valence-corrected chi connectivity index (χ1v) is 11.0. The number of halogens is 1. The van der Waals surface area contributed by atoms with Gasteiger partial charge < -0.3 is 14.4 Å². The Bertz CT molecular complexity index is 1220. The second-order valence-electron chi connectivity index (χ2n) is 7.30. The number of hydrogen-bond acceptors (Lipinski definition) is 7. The monoisotopic (exact) mass is 481 g/mol. The maximum absolute atomic E-state index is 12.9. The molecular formula is C24H24ClN5O4. The topological polar surface area (TPSA) is 110 Å². The number of carbonyl (C=O) groups excluding carboxylic acids is 2. The first-order valence-electron chi connectivity index (χ1n) is 10.6. The smallest absolute Gasteiger partial charge is 0.359 e. The fourth-order valence-corrected chi connectivity index (χ4v) is 3.46. The van der Waals surface area contributed by atoms with Gasteiger partial charge in [0.15, 0.2) is 18.1 Å². The van der Waals surface area contributed by atoms with Gasteiger partial charge in [-0.15, -0.1) is 0 Å². The van der Waals surface area contributed by atoms with Crippen molar-refractivity contribution in [3.05, 3.63) is 64.6 Å². The van der Waals surface area contributed by atoms with E-state index in [2.05, 4.69) is 10.1 Å². The van der Waals surface area contributed by atoms with Crippen LogP contribution in [-0.4, -0.2) is 46.4 Å². The number of amides is 1. The summed E-state index contributed by atoms with van der Waals surface area (Å²) in [5, 5.41) is 13.4. The number of esters is 1. The zero-order valence-electron chi connectivity index (χ0n) is 19.1. The van der Waals surface area contributed by atoms with Crippen molar-refractivity contribution in [3.8, 4) is 17.6 Å². The first kappa shape index (κ1) is 24.7. The van der Waals surface area contributed by atoms with E-state index in [1.807, 2.05) is 32.9 Å². The highest BCUT2D eigenvalue weighted by Crippen LogP contribution is 2.21. The minimum Gasteiger partial charge on any atom is -0.494 e. The van der Waals surface area contributed by atoms with Gasteiger partial charge in [0, 0.05) is 17.9 Å². The van der Waals surface area contributed by atoms with Crippen LogP contribution in [0.3, 0.4) is 0 Å². The summed E-state index contributed by atoms with van der Waals surface area (Å²) in [5.41, 5.74) is 2.08. The Morgan fingerprint density at radius 2 is 1.91 bits per heavy atom. The zero-order chi connectivity index (χ0) is 24.7. The Balaban J connectivity index is 1.74. The van der Waals surface area contributed by atoms with Crippen molar-refractivity contribution in [2.45, 2.75) is 27.2 Å². The van der Waals surface area contributed by atoms with Gasteiger partial charge in [-0.25, -0.2) is 14.5 Å². The van der Waals surface area contributed by atoms with Crippen LogP contribution < -0.4 is 9.64 Å². The van der Waals surface area contributed by atoms with Crippen LogP contribution in [0.25, 0.3) is 5.82 Å². The van der Waals surface area contributed by atoms with Gasteiger partial charge in [0.05, 0.1) is 29.8 Å². The fourth-order valence-electron chi connectivity index (χ4n) is 3.28. The molecule has 0 aliphatic rings. The second kappa shape index (κ2) is 11.3. The Kier molecular flexibility index (Phi) is 8.22. The lowest BCUT2D eigenvalue weighted by Crippen LogP contribution is -2.35. The van der Waals surface area contributed by atoms with Gasteiger partial charge in [-0.05, 0) is 63.2 Å². The van der Waals surface area contributed by atoms with Crippen LogP contribution in [0, 0.1) is 25.2 Å². The second-order valence-corrected chi connectivity index (χ2v) is 7.70. The van der Waals surface area contributed by atoms with E-state index in [0.717, 1.165) is 11.4 Å². The molecule has 0 unspecified atom stereocenters. The van der Waals surface area contributed by atoms with E-state index in [9.17, 15) is 9.59 Å². The Morgan fingerprint density at radius 1 is 1.18 bits per heavy atom. The van der Waals surface area contributed by atoms with Crippen molar-refractivity contribution in [2.75, 3.05) is 24.7 Å². The van der Waals surface area contributed by atoms with E-state index in [1.54, 1.807) is 35.0 Å². The number of aryl methyl sites for hydroxylation is 2. The molecule has 0 bridgehead atoms. The summed E-state index contributed by atoms with van der Waals surface area (Å²) in [4.78, 5) is 31.2. The SMILES string of the molecule is CCOc1ccc(N(CCC#N)C(=O)COC(=O)c2nc(-n3nc(C)cc3C)ccc2Cl)cc1. The summed E-state index contributed by atoms with van der Waals surface area (Å²) in [5.74, 6) is -0.265. The van der Waals surface area contributed by atoms with Crippen LogP contribution in [-0.2, 0) is 9.53 Å². The zero-order valence-corrected chi connectivity index (χ0v) is 19.9. The van der Waals surface area contributed by atoms with Crippen LogP contribution in [0.1, 0.15) is 35.2 Å². The van der Waals surface area contributed by atoms with Gasteiger partial charge in [0.1, 0.15) is 5.75 Å². The third kappa shape index (κ3) is 5.91. The molecule has 3 rings (SSSR count). The molecule has 0 N–H and O–H groups in total.